The van der Waals surface area contributed by atoms with Gasteiger partial charge in [0.25, 0.3) is 5.56 Å². The van der Waals surface area contributed by atoms with E-state index in [1.54, 1.807) is 7.05 Å². The zero-order valence-electron chi connectivity index (χ0n) is 18.4. The maximum atomic E-state index is 13.1. The van der Waals surface area contributed by atoms with Gasteiger partial charge in [-0.05, 0) is 38.3 Å². The van der Waals surface area contributed by atoms with E-state index in [-0.39, 0.29) is 11.2 Å². The van der Waals surface area contributed by atoms with Crippen molar-refractivity contribution < 1.29 is 0 Å². The number of hydrogen-bond acceptors (Lipinski definition) is 4. The van der Waals surface area contributed by atoms with Gasteiger partial charge in [-0.25, -0.2) is 9.78 Å². The number of aromatic nitrogens is 4. The van der Waals surface area contributed by atoms with Crippen LogP contribution in [-0.4, -0.2) is 36.2 Å². The third kappa shape index (κ3) is 3.62. The summed E-state index contributed by atoms with van der Waals surface area (Å²) in [6.45, 7) is 6.59. The second-order valence-corrected chi connectivity index (χ2v) is 8.51. The van der Waals surface area contributed by atoms with Gasteiger partial charge in [0, 0.05) is 26.7 Å². The van der Waals surface area contributed by atoms with Crippen molar-refractivity contribution in [2.24, 2.45) is 14.1 Å². The van der Waals surface area contributed by atoms with E-state index in [9.17, 15) is 9.59 Å². The fraction of sp³-hybridized carbons (Fsp3) is 0.522. The molecule has 0 spiro atoms. The van der Waals surface area contributed by atoms with Gasteiger partial charge in [0.05, 0.1) is 6.54 Å². The van der Waals surface area contributed by atoms with Crippen molar-refractivity contribution in [1.82, 2.24) is 23.6 Å². The van der Waals surface area contributed by atoms with Crippen molar-refractivity contribution in [2.75, 3.05) is 6.54 Å². The summed E-state index contributed by atoms with van der Waals surface area (Å²) in [5.41, 5.74) is 2.65. The summed E-state index contributed by atoms with van der Waals surface area (Å²) in [6.07, 6.45) is 4.77. The number of likely N-dealkylation sites (tertiary alicyclic amines) is 1. The first-order valence-corrected chi connectivity index (χ1v) is 10.9. The van der Waals surface area contributed by atoms with E-state index in [2.05, 4.69) is 43.0 Å². The summed E-state index contributed by atoms with van der Waals surface area (Å²) in [6, 6.07) is 8.89. The van der Waals surface area contributed by atoms with Crippen molar-refractivity contribution in [2.45, 2.75) is 58.7 Å². The van der Waals surface area contributed by atoms with Crippen LogP contribution < -0.4 is 11.2 Å². The first-order chi connectivity index (χ1) is 14.4. The molecule has 1 aliphatic heterocycles. The molecule has 30 heavy (non-hydrogen) atoms. The summed E-state index contributed by atoms with van der Waals surface area (Å²) in [4.78, 5) is 32.8. The average Bonchev–Trinajstić information content (AvgIpc) is 3.10. The maximum absolute atomic E-state index is 13.1. The number of fused-ring (bicyclic) bond motifs is 1. The molecule has 3 heterocycles. The van der Waals surface area contributed by atoms with E-state index >= 15 is 0 Å². The molecule has 0 unspecified atom stereocenters. The van der Waals surface area contributed by atoms with E-state index in [0.717, 1.165) is 24.4 Å². The highest BCUT2D eigenvalue weighted by Crippen LogP contribution is 2.23. The fourth-order valence-corrected chi connectivity index (χ4v) is 4.57. The number of benzene rings is 1. The van der Waals surface area contributed by atoms with Crippen LogP contribution in [-0.2, 0) is 27.2 Å². The van der Waals surface area contributed by atoms with E-state index in [1.165, 1.54) is 41.0 Å². The Bertz CT molecular complexity index is 1170. The molecule has 160 valence electrons. The molecule has 0 radical (unpaired) electrons. The Morgan fingerprint density at radius 3 is 2.47 bits per heavy atom. The zero-order valence-corrected chi connectivity index (χ0v) is 18.4. The molecule has 2 aromatic heterocycles. The number of piperidine rings is 1. The molecular formula is C23H31N5O2. The number of imidazole rings is 1. The van der Waals surface area contributed by atoms with Gasteiger partial charge in [-0.2, -0.15) is 0 Å². The van der Waals surface area contributed by atoms with Crippen LogP contribution in [0.5, 0.6) is 0 Å². The highest BCUT2D eigenvalue weighted by molar-refractivity contribution is 5.71. The van der Waals surface area contributed by atoms with E-state index in [4.69, 9.17) is 4.98 Å². The summed E-state index contributed by atoms with van der Waals surface area (Å²) in [5.74, 6) is 0.851. The van der Waals surface area contributed by atoms with Crippen molar-refractivity contribution in [3.05, 3.63) is 62.1 Å². The van der Waals surface area contributed by atoms with Gasteiger partial charge < -0.3 is 4.57 Å². The molecule has 1 aromatic carbocycles. The molecule has 1 fully saturated rings. The Morgan fingerprint density at radius 2 is 1.77 bits per heavy atom. The molecule has 0 amide bonds. The van der Waals surface area contributed by atoms with Gasteiger partial charge in [-0.1, -0.05) is 43.2 Å². The molecule has 7 heteroatoms. The third-order valence-electron chi connectivity index (χ3n) is 6.45. The lowest BCUT2D eigenvalue weighted by atomic mass is 10.00. The normalized spacial score (nSPS) is 17.7. The summed E-state index contributed by atoms with van der Waals surface area (Å²) >= 11 is 0. The quantitative estimate of drug-likeness (QED) is 0.650. The van der Waals surface area contributed by atoms with Crippen molar-refractivity contribution in [3.63, 3.8) is 0 Å². The number of aryl methyl sites for hydroxylation is 2. The number of rotatable bonds is 5. The van der Waals surface area contributed by atoms with Crippen LogP contribution >= 0.6 is 0 Å². The average molecular weight is 410 g/mol. The first-order valence-electron chi connectivity index (χ1n) is 10.9. The monoisotopic (exact) mass is 409 g/mol. The smallest absolute Gasteiger partial charge is 0.317 e. The van der Waals surface area contributed by atoms with E-state index < -0.39 is 0 Å². The summed E-state index contributed by atoms with van der Waals surface area (Å²) < 4.78 is 4.68. The molecule has 1 saturated heterocycles. The lowest BCUT2D eigenvalue weighted by Gasteiger charge is -2.34. The Balaban J connectivity index is 1.86. The second-order valence-electron chi connectivity index (χ2n) is 8.51. The predicted molar refractivity (Wildman–Crippen MR) is 119 cm³/mol. The van der Waals surface area contributed by atoms with Crippen molar-refractivity contribution >= 4 is 11.2 Å². The molecular weight excluding hydrogens is 378 g/mol. The van der Waals surface area contributed by atoms with Crippen LogP contribution in [0.2, 0.25) is 0 Å². The lowest BCUT2D eigenvalue weighted by molar-refractivity contribution is 0.131. The van der Waals surface area contributed by atoms with E-state index in [0.29, 0.717) is 30.3 Å². The van der Waals surface area contributed by atoms with Gasteiger partial charge in [0.2, 0.25) is 0 Å². The molecule has 0 aliphatic carbocycles. The second kappa shape index (κ2) is 8.22. The van der Waals surface area contributed by atoms with Gasteiger partial charge >= 0.3 is 5.69 Å². The van der Waals surface area contributed by atoms with Gasteiger partial charge in [0.1, 0.15) is 5.82 Å². The highest BCUT2D eigenvalue weighted by Gasteiger charge is 2.25. The van der Waals surface area contributed by atoms with Gasteiger partial charge in [-0.3, -0.25) is 18.8 Å². The Hall–Kier alpha value is -2.67. The number of hydrogen-bond donors (Lipinski definition) is 0. The molecule has 1 aliphatic rings. The Kier molecular flexibility index (Phi) is 5.64. The van der Waals surface area contributed by atoms with Crippen LogP contribution in [0.4, 0.5) is 0 Å². The highest BCUT2D eigenvalue weighted by atomic mass is 16.2. The third-order valence-corrected chi connectivity index (χ3v) is 6.45. The maximum Gasteiger partial charge on any atom is 0.332 e. The molecule has 3 aromatic rings. The molecule has 0 N–H and O–H groups in total. The van der Waals surface area contributed by atoms with Crippen LogP contribution in [0.3, 0.4) is 0 Å². The minimum absolute atomic E-state index is 0.287. The summed E-state index contributed by atoms with van der Waals surface area (Å²) in [5, 5.41) is 0. The Morgan fingerprint density at radius 1 is 1.03 bits per heavy atom. The summed E-state index contributed by atoms with van der Waals surface area (Å²) in [7, 11) is 3.22. The first kappa shape index (κ1) is 20.6. The fourth-order valence-electron chi connectivity index (χ4n) is 4.57. The van der Waals surface area contributed by atoms with Gasteiger partial charge in [-0.15, -0.1) is 0 Å². The van der Waals surface area contributed by atoms with Crippen molar-refractivity contribution in [1.29, 1.82) is 0 Å². The molecule has 0 saturated carbocycles. The lowest BCUT2D eigenvalue weighted by Crippen LogP contribution is -2.39. The minimum Gasteiger partial charge on any atom is -0.317 e. The standard InChI is InChI=1S/C23H31N5O2/c1-5-18-8-6-7-13-27(18)15-19-24-21-20(22(29)26(4)23(30)25(21)3)28(19)14-17-11-9-16(2)10-12-17/h9-12,18H,5-8,13-15H2,1-4H3/t18-/m0/s1. The molecule has 0 bridgehead atoms. The SMILES string of the molecule is CC[C@H]1CCCCN1Cc1nc2c(c(=O)n(C)c(=O)n2C)n1Cc1ccc(C)cc1. The van der Waals surface area contributed by atoms with E-state index in [1.807, 2.05) is 4.57 Å². The molecule has 7 nitrogen and oxygen atoms in total. The zero-order chi connectivity index (χ0) is 21.4. The molecule has 4 rings (SSSR count). The minimum atomic E-state index is -0.344. The van der Waals surface area contributed by atoms with Crippen molar-refractivity contribution in [3.8, 4) is 0 Å². The van der Waals surface area contributed by atoms with Crippen LogP contribution in [0.1, 0.15) is 49.6 Å². The molecule has 1 atom stereocenters. The van der Waals surface area contributed by atoms with Crippen LogP contribution in [0.25, 0.3) is 11.2 Å². The number of nitrogens with zero attached hydrogens (tertiary/aromatic N) is 5. The largest absolute Gasteiger partial charge is 0.332 e. The topological polar surface area (TPSA) is 65.1 Å². The van der Waals surface area contributed by atoms with Crippen LogP contribution in [0.15, 0.2) is 33.9 Å². The predicted octanol–water partition coefficient (Wildman–Crippen LogP) is 2.55. The van der Waals surface area contributed by atoms with Gasteiger partial charge in [0.15, 0.2) is 11.2 Å². The Labute approximate surface area is 176 Å². The van der Waals surface area contributed by atoms with Crippen LogP contribution in [0, 0.1) is 6.92 Å².